The molecule has 0 radical (unpaired) electrons. The van der Waals surface area contributed by atoms with Crippen LogP contribution >= 0.6 is 11.8 Å². The summed E-state index contributed by atoms with van der Waals surface area (Å²) < 4.78 is 9.63. The van der Waals surface area contributed by atoms with Crippen molar-refractivity contribution >= 4 is 24.2 Å². The molecule has 0 amide bonds. The third kappa shape index (κ3) is 8.19. The lowest BCUT2D eigenvalue weighted by Crippen LogP contribution is -2.01. The number of ether oxygens (including phenoxy) is 2. The molecule has 0 saturated heterocycles. The number of benzene rings is 1. The molecule has 1 aromatic carbocycles. The maximum absolute atomic E-state index is 10.8. The van der Waals surface area contributed by atoms with Crippen LogP contribution in [0.25, 0.3) is 0 Å². The fraction of sp³-hybridized carbons (Fsp3) is 0.375. The molecule has 0 bridgehead atoms. The second kappa shape index (κ2) is 11.0. The van der Waals surface area contributed by atoms with Crippen LogP contribution in [0.1, 0.15) is 25.7 Å². The number of hydrogen-bond donors (Lipinski definition) is 0. The number of esters is 1. The van der Waals surface area contributed by atoms with Gasteiger partial charge in [-0.05, 0) is 42.9 Å². The highest BCUT2D eigenvalue weighted by molar-refractivity contribution is 7.99. The van der Waals surface area contributed by atoms with Crippen LogP contribution in [-0.2, 0) is 14.3 Å². The predicted molar refractivity (Wildman–Crippen MR) is 83.5 cm³/mol. The zero-order valence-corrected chi connectivity index (χ0v) is 12.8. The van der Waals surface area contributed by atoms with E-state index >= 15 is 0 Å². The number of carbonyl (C=O) groups is 2. The van der Waals surface area contributed by atoms with Gasteiger partial charge in [-0.2, -0.15) is 0 Å². The average Bonchev–Trinajstić information content (AvgIpc) is 2.51. The Morgan fingerprint density at radius 1 is 1.14 bits per heavy atom. The number of rotatable bonds is 11. The van der Waals surface area contributed by atoms with Gasteiger partial charge in [0, 0.05) is 11.0 Å². The summed E-state index contributed by atoms with van der Waals surface area (Å²) in [7, 11) is 0. The molecule has 5 heteroatoms. The summed E-state index contributed by atoms with van der Waals surface area (Å²) in [6, 6.07) is 7.45. The first-order chi connectivity index (χ1) is 10.3. The molecule has 1 aromatic rings. The van der Waals surface area contributed by atoms with Crippen molar-refractivity contribution in [2.24, 2.45) is 0 Å². The molecule has 0 spiro atoms. The van der Waals surface area contributed by atoms with E-state index in [1.807, 2.05) is 12.1 Å². The maximum atomic E-state index is 10.8. The summed E-state index contributed by atoms with van der Waals surface area (Å²) >= 11 is 1.78. The summed E-state index contributed by atoms with van der Waals surface area (Å²) in [5.74, 6) is 1.25. The van der Waals surface area contributed by atoms with Gasteiger partial charge in [0.1, 0.15) is 5.75 Å². The molecule has 0 aliphatic heterocycles. The highest BCUT2D eigenvalue weighted by Crippen LogP contribution is 2.22. The molecular weight excluding hydrogens is 288 g/mol. The minimum absolute atomic E-state index is 0.354. The Kier molecular flexibility index (Phi) is 9.04. The van der Waals surface area contributed by atoms with Crippen LogP contribution in [-0.4, -0.2) is 24.8 Å². The van der Waals surface area contributed by atoms with Crippen LogP contribution < -0.4 is 4.74 Å². The van der Waals surface area contributed by atoms with Crippen LogP contribution in [0.2, 0.25) is 0 Å². The summed E-state index contributed by atoms with van der Waals surface area (Å²) in [5, 5.41) is 0. The van der Waals surface area contributed by atoms with Gasteiger partial charge < -0.3 is 9.47 Å². The fourth-order valence-corrected chi connectivity index (χ4v) is 2.56. The molecule has 0 saturated carbocycles. The van der Waals surface area contributed by atoms with E-state index in [4.69, 9.17) is 9.47 Å². The second-order valence-corrected chi connectivity index (χ2v) is 5.49. The molecule has 1 rings (SSSR count). The summed E-state index contributed by atoms with van der Waals surface area (Å²) in [5.41, 5.74) is 0. The third-order valence-corrected chi connectivity index (χ3v) is 3.82. The highest BCUT2D eigenvalue weighted by atomic mass is 32.2. The zero-order chi connectivity index (χ0) is 15.3. The minimum atomic E-state index is -0.354. The molecule has 0 fully saturated rings. The summed E-state index contributed by atoms with van der Waals surface area (Å²) in [6.07, 6.45) is 5.36. The maximum Gasteiger partial charge on any atom is 0.330 e. The largest absolute Gasteiger partial charge is 0.463 e. The van der Waals surface area contributed by atoms with E-state index in [0.29, 0.717) is 18.8 Å². The van der Waals surface area contributed by atoms with E-state index in [0.717, 1.165) is 36.3 Å². The van der Waals surface area contributed by atoms with E-state index < -0.39 is 0 Å². The molecule has 0 heterocycles. The Balaban J connectivity index is 2.02. The van der Waals surface area contributed by atoms with Gasteiger partial charge in [0.05, 0.1) is 6.61 Å². The molecule has 0 aromatic heterocycles. The molecule has 4 nitrogen and oxygen atoms in total. The van der Waals surface area contributed by atoms with E-state index in [1.165, 1.54) is 6.08 Å². The van der Waals surface area contributed by atoms with E-state index in [2.05, 4.69) is 6.58 Å². The van der Waals surface area contributed by atoms with Crippen molar-refractivity contribution in [1.82, 2.24) is 0 Å². The van der Waals surface area contributed by atoms with Crippen LogP contribution in [0, 0.1) is 0 Å². The van der Waals surface area contributed by atoms with Crippen molar-refractivity contribution < 1.29 is 19.1 Å². The topological polar surface area (TPSA) is 52.6 Å². The Hall–Kier alpha value is -1.75. The van der Waals surface area contributed by atoms with Gasteiger partial charge in [-0.25, -0.2) is 4.79 Å². The van der Waals surface area contributed by atoms with Gasteiger partial charge in [-0.15, -0.1) is 11.8 Å². The van der Waals surface area contributed by atoms with Gasteiger partial charge in [-0.1, -0.05) is 19.4 Å². The van der Waals surface area contributed by atoms with Crippen molar-refractivity contribution in [3.8, 4) is 5.75 Å². The van der Waals surface area contributed by atoms with Gasteiger partial charge in [-0.3, -0.25) is 4.79 Å². The first kappa shape index (κ1) is 17.3. The molecular formula is C16H20O4S. The van der Waals surface area contributed by atoms with Crippen molar-refractivity contribution in [3.05, 3.63) is 36.9 Å². The lowest BCUT2D eigenvalue weighted by molar-refractivity contribution is -0.137. The number of thioether (sulfide) groups is 1. The highest BCUT2D eigenvalue weighted by Gasteiger charge is 1.98. The molecule has 0 aliphatic carbocycles. The van der Waals surface area contributed by atoms with Crippen molar-refractivity contribution in [2.45, 2.75) is 30.6 Å². The van der Waals surface area contributed by atoms with Crippen molar-refractivity contribution in [1.29, 1.82) is 0 Å². The fourth-order valence-electron chi connectivity index (χ4n) is 1.65. The molecule has 0 N–H and O–H groups in total. The Morgan fingerprint density at radius 2 is 1.86 bits per heavy atom. The normalized spacial score (nSPS) is 9.90. The predicted octanol–water partition coefficient (Wildman–Crippen LogP) is 3.60. The van der Waals surface area contributed by atoms with Crippen LogP contribution in [0.3, 0.4) is 0 Å². The van der Waals surface area contributed by atoms with Gasteiger partial charge in [0.2, 0.25) is 0 Å². The first-order valence-corrected chi connectivity index (χ1v) is 7.87. The Morgan fingerprint density at radius 3 is 2.52 bits per heavy atom. The van der Waals surface area contributed by atoms with Crippen LogP contribution in [0.15, 0.2) is 41.8 Å². The zero-order valence-electron chi connectivity index (χ0n) is 12.0. The second-order valence-electron chi connectivity index (χ2n) is 4.32. The number of hydrogen-bond acceptors (Lipinski definition) is 5. The molecule has 0 aliphatic rings. The summed E-state index contributed by atoms with van der Waals surface area (Å²) in [6.45, 7) is 4.24. The van der Waals surface area contributed by atoms with Gasteiger partial charge >= 0.3 is 5.97 Å². The SMILES string of the molecule is C=CC(=O)OCCCCCCSc1ccc(OC=O)cc1. The van der Waals surface area contributed by atoms with Crippen LogP contribution in [0.5, 0.6) is 5.75 Å². The van der Waals surface area contributed by atoms with E-state index in [-0.39, 0.29) is 5.97 Å². The van der Waals surface area contributed by atoms with Gasteiger partial charge in [0.25, 0.3) is 6.47 Å². The smallest absolute Gasteiger partial charge is 0.330 e. The third-order valence-electron chi connectivity index (χ3n) is 2.73. The summed E-state index contributed by atoms with van der Waals surface area (Å²) in [4.78, 5) is 22.1. The van der Waals surface area contributed by atoms with Crippen molar-refractivity contribution in [2.75, 3.05) is 12.4 Å². The minimum Gasteiger partial charge on any atom is -0.463 e. The lowest BCUT2D eigenvalue weighted by Gasteiger charge is -2.04. The standard InChI is InChI=1S/C16H20O4S/c1-2-16(18)19-11-5-3-4-6-12-21-15-9-7-14(8-10-15)20-13-17/h2,7-10,13H,1,3-6,11-12H2. The monoisotopic (exact) mass is 308 g/mol. The first-order valence-electron chi connectivity index (χ1n) is 6.88. The Bertz CT molecular complexity index is 442. The lowest BCUT2D eigenvalue weighted by atomic mass is 10.2. The molecule has 114 valence electrons. The quantitative estimate of drug-likeness (QED) is 0.205. The molecule has 0 unspecified atom stereocenters. The molecule has 21 heavy (non-hydrogen) atoms. The Labute approximate surface area is 129 Å². The van der Waals surface area contributed by atoms with Crippen LogP contribution in [0.4, 0.5) is 0 Å². The number of carbonyl (C=O) groups excluding carboxylic acids is 2. The number of unbranched alkanes of at least 4 members (excludes halogenated alkanes) is 3. The van der Waals surface area contributed by atoms with Crippen molar-refractivity contribution in [3.63, 3.8) is 0 Å². The van der Waals surface area contributed by atoms with E-state index in [1.54, 1.807) is 23.9 Å². The molecule has 0 atom stereocenters. The van der Waals surface area contributed by atoms with E-state index in [9.17, 15) is 9.59 Å². The van der Waals surface area contributed by atoms with Gasteiger partial charge in [0.15, 0.2) is 0 Å². The average molecular weight is 308 g/mol.